The maximum Gasteiger partial charge on any atom is 0.306 e. The molecule has 0 aliphatic heterocycles. The van der Waals surface area contributed by atoms with Gasteiger partial charge in [0.25, 0.3) is 0 Å². The van der Waals surface area contributed by atoms with Crippen LogP contribution in [0.25, 0.3) is 0 Å². The molecule has 0 radical (unpaired) electrons. The summed E-state index contributed by atoms with van der Waals surface area (Å²) in [5.41, 5.74) is 0. The van der Waals surface area contributed by atoms with E-state index in [9.17, 15) is 14.4 Å². The third kappa shape index (κ3) is 29.1. The predicted molar refractivity (Wildman–Crippen MR) is 163 cm³/mol. The van der Waals surface area contributed by atoms with Gasteiger partial charge in [0.15, 0.2) is 0 Å². The van der Waals surface area contributed by atoms with Crippen molar-refractivity contribution in [2.75, 3.05) is 27.2 Å². The number of esters is 2. The van der Waals surface area contributed by atoms with Gasteiger partial charge in [-0.3, -0.25) is 14.4 Å². The highest BCUT2D eigenvalue weighted by atomic mass is 16.5. The van der Waals surface area contributed by atoms with Crippen molar-refractivity contribution in [1.29, 1.82) is 0 Å². The molecule has 40 heavy (non-hydrogen) atoms. The molecule has 7 heteroatoms. The molecule has 0 bridgehead atoms. The second-order valence-electron chi connectivity index (χ2n) is 11.4. The highest BCUT2D eigenvalue weighted by molar-refractivity contribution is 5.69. The highest BCUT2D eigenvalue weighted by Gasteiger charge is 2.14. The van der Waals surface area contributed by atoms with E-state index in [0.717, 1.165) is 103 Å². The van der Waals surface area contributed by atoms with Crippen molar-refractivity contribution in [2.24, 2.45) is 0 Å². The summed E-state index contributed by atoms with van der Waals surface area (Å²) in [6.07, 6.45) is 25.0. The maximum atomic E-state index is 12.4. The number of ether oxygens (including phenoxy) is 2. The fraction of sp³-hybridized carbons (Fsp3) is 0.848. The molecule has 0 saturated carbocycles. The minimum atomic E-state index is -0.718. The van der Waals surface area contributed by atoms with Crippen molar-refractivity contribution in [3.8, 4) is 0 Å². The lowest BCUT2D eigenvalue weighted by Gasteiger charge is -2.18. The average Bonchev–Trinajstić information content (AvgIpc) is 2.90. The molecule has 0 rings (SSSR count). The summed E-state index contributed by atoms with van der Waals surface area (Å²) in [6, 6.07) is 0. The Bertz CT molecular complexity index is 649. The van der Waals surface area contributed by atoms with Crippen LogP contribution in [-0.2, 0) is 23.9 Å². The van der Waals surface area contributed by atoms with Crippen molar-refractivity contribution < 1.29 is 29.0 Å². The van der Waals surface area contributed by atoms with Crippen LogP contribution in [0, 0.1) is 0 Å². The molecule has 0 aromatic rings. The Balaban J connectivity index is 4.05. The molecule has 234 valence electrons. The molecule has 7 nitrogen and oxygen atoms in total. The lowest BCUT2D eigenvalue weighted by atomic mass is 10.0. The van der Waals surface area contributed by atoms with Crippen molar-refractivity contribution in [3.63, 3.8) is 0 Å². The normalized spacial score (nSPS) is 12.2. The summed E-state index contributed by atoms with van der Waals surface area (Å²) in [6.45, 7) is 3.47. The molecule has 0 fully saturated rings. The van der Waals surface area contributed by atoms with Gasteiger partial charge in [0.2, 0.25) is 0 Å². The van der Waals surface area contributed by atoms with Gasteiger partial charge in [0, 0.05) is 19.3 Å². The fourth-order valence-corrected chi connectivity index (χ4v) is 4.66. The highest BCUT2D eigenvalue weighted by Crippen LogP contribution is 2.18. The molecule has 0 aromatic carbocycles. The summed E-state index contributed by atoms with van der Waals surface area (Å²) in [4.78, 5) is 36.9. The summed E-state index contributed by atoms with van der Waals surface area (Å²) in [7, 11) is 4.01. The van der Waals surface area contributed by atoms with E-state index in [1.165, 1.54) is 25.7 Å². The minimum Gasteiger partial charge on any atom is -0.481 e. The van der Waals surface area contributed by atoms with Gasteiger partial charge in [0.05, 0.1) is 0 Å². The number of unbranched alkanes of at least 4 members (excludes halogenated alkanes) is 13. The van der Waals surface area contributed by atoms with Gasteiger partial charge in [0.1, 0.15) is 12.7 Å². The topological polar surface area (TPSA) is 93.1 Å². The first-order valence-corrected chi connectivity index (χ1v) is 16.2. The van der Waals surface area contributed by atoms with Crippen LogP contribution >= 0.6 is 0 Å². The van der Waals surface area contributed by atoms with Crippen LogP contribution in [-0.4, -0.2) is 61.3 Å². The second kappa shape index (κ2) is 28.6. The van der Waals surface area contributed by atoms with Gasteiger partial charge < -0.3 is 19.5 Å². The third-order valence-electron chi connectivity index (χ3n) is 7.09. The van der Waals surface area contributed by atoms with Gasteiger partial charge in [-0.15, -0.1) is 0 Å². The van der Waals surface area contributed by atoms with E-state index in [4.69, 9.17) is 14.6 Å². The number of allylic oxidation sites excluding steroid dienone is 1. The monoisotopic (exact) mass is 567 g/mol. The first-order chi connectivity index (χ1) is 19.3. The Kier molecular flexibility index (Phi) is 27.3. The molecule has 1 atom stereocenters. The third-order valence-corrected chi connectivity index (χ3v) is 7.09. The molecule has 0 heterocycles. The largest absolute Gasteiger partial charge is 0.481 e. The molecule has 1 N–H and O–H groups in total. The first kappa shape index (κ1) is 38.1. The summed E-state index contributed by atoms with van der Waals surface area (Å²) in [5, 5.41) is 8.72. The zero-order chi connectivity index (χ0) is 29.7. The van der Waals surface area contributed by atoms with E-state index in [1.54, 1.807) is 0 Å². The molecule has 0 aliphatic carbocycles. The molecule has 1 unspecified atom stereocenters. The number of nitrogens with zero attached hydrogens (tertiary/aromatic N) is 1. The van der Waals surface area contributed by atoms with Crippen LogP contribution in [0.5, 0.6) is 0 Å². The first-order valence-electron chi connectivity index (χ1n) is 16.2. The molecule has 0 spiro atoms. The number of carboxylic acids is 1. The Hall–Kier alpha value is -1.89. The number of carbonyl (C=O) groups is 3. The predicted octanol–water partition coefficient (Wildman–Crippen LogP) is 8.25. The SMILES string of the molecule is CCCCCC/C=C\COC(=O)CCCCCCCC(CCCCCCCCC(=O)O)OC(=O)CCCN(C)C. The summed E-state index contributed by atoms with van der Waals surface area (Å²) < 4.78 is 11.1. The molecule has 0 saturated heterocycles. The summed E-state index contributed by atoms with van der Waals surface area (Å²) >= 11 is 0. The van der Waals surface area contributed by atoms with Crippen molar-refractivity contribution in [3.05, 3.63) is 12.2 Å². The number of carboxylic acid groups (broad SMARTS) is 1. The van der Waals surface area contributed by atoms with Crippen LogP contribution in [0.1, 0.15) is 148 Å². The van der Waals surface area contributed by atoms with Crippen LogP contribution < -0.4 is 0 Å². The fourth-order valence-electron chi connectivity index (χ4n) is 4.66. The van der Waals surface area contributed by atoms with Crippen LogP contribution in [0.4, 0.5) is 0 Å². The Labute approximate surface area is 245 Å². The standard InChI is InChI=1S/C33H61NO6/c1-4-5-6-7-10-16-21-29-39-32(37)26-20-15-11-13-18-24-30(40-33(38)27-22-28-34(2)3)23-17-12-8-9-14-19-25-31(35)36/h16,21,30H,4-15,17-20,22-29H2,1-3H3,(H,35,36)/b21-16-. The van der Waals surface area contributed by atoms with Crippen molar-refractivity contribution >= 4 is 17.9 Å². The number of hydrogen-bond acceptors (Lipinski definition) is 6. The van der Waals surface area contributed by atoms with Crippen molar-refractivity contribution in [1.82, 2.24) is 4.90 Å². The van der Waals surface area contributed by atoms with Gasteiger partial charge in [-0.25, -0.2) is 0 Å². The van der Waals surface area contributed by atoms with Crippen LogP contribution in [0.3, 0.4) is 0 Å². The quantitative estimate of drug-likeness (QED) is 0.0552. The van der Waals surface area contributed by atoms with Crippen molar-refractivity contribution in [2.45, 2.75) is 154 Å². The van der Waals surface area contributed by atoms with Gasteiger partial charge in [-0.1, -0.05) is 83.3 Å². The molecular weight excluding hydrogens is 506 g/mol. The average molecular weight is 568 g/mol. The van der Waals surface area contributed by atoms with E-state index in [-0.39, 0.29) is 24.5 Å². The number of carbonyl (C=O) groups excluding carboxylic acids is 2. The summed E-state index contributed by atoms with van der Waals surface area (Å²) in [5.74, 6) is -0.923. The second-order valence-corrected chi connectivity index (χ2v) is 11.4. The lowest BCUT2D eigenvalue weighted by molar-refractivity contribution is -0.150. The molecule has 0 aromatic heterocycles. The molecule has 0 amide bonds. The number of rotatable bonds is 29. The van der Waals surface area contributed by atoms with Crippen LogP contribution in [0.15, 0.2) is 12.2 Å². The molecular formula is C33H61NO6. The smallest absolute Gasteiger partial charge is 0.306 e. The van der Waals surface area contributed by atoms with E-state index in [2.05, 4.69) is 17.9 Å². The lowest BCUT2D eigenvalue weighted by Crippen LogP contribution is -2.20. The maximum absolute atomic E-state index is 12.4. The van der Waals surface area contributed by atoms with Gasteiger partial charge in [-0.05, 0) is 78.4 Å². The minimum absolute atomic E-state index is 0.0199. The Morgan fingerprint density at radius 2 is 1.23 bits per heavy atom. The van der Waals surface area contributed by atoms with E-state index < -0.39 is 5.97 Å². The van der Waals surface area contributed by atoms with E-state index in [1.807, 2.05) is 20.2 Å². The molecule has 0 aliphatic rings. The van der Waals surface area contributed by atoms with Gasteiger partial charge in [-0.2, -0.15) is 0 Å². The zero-order valence-electron chi connectivity index (χ0n) is 26.1. The Morgan fingerprint density at radius 3 is 1.82 bits per heavy atom. The number of hydrogen-bond donors (Lipinski definition) is 1. The van der Waals surface area contributed by atoms with Gasteiger partial charge >= 0.3 is 17.9 Å². The van der Waals surface area contributed by atoms with E-state index >= 15 is 0 Å². The van der Waals surface area contributed by atoms with Crippen LogP contribution in [0.2, 0.25) is 0 Å². The zero-order valence-corrected chi connectivity index (χ0v) is 26.1. The van der Waals surface area contributed by atoms with E-state index in [0.29, 0.717) is 19.4 Å². The Morgan fingerprint density at radius 1 is 0.675 bits per heavy atom. The number of aliphatic carboxylic acids is 1.